The molecule has 0 saturated heterocycles. The number of aryl methyl sites for hydroxylation is 1. The van der Waals surface area contributed by atoms with E-state index in [-0.39, 0.29) is 12.2 Å². The number of hydrogen-bond donors (Lipinski definition) is 1. The third-order valence-corrected chi connectivity index (χ3v) is 5.04. The summed E-state index contributed by atoms with van der Waals surface area (Å²) >= 11 is 0. The highest BCUT2D eigenvalue weighted by atomic mass is 31.2. The van der Waals surface area contributed by atoms with Crippen molar-refractivity contribution in [2.45, 2.75) is 39.0 Å². The van der Waals surface area contributed by atoms with E-state index in [1.165, 1.54) is 6.42 Å². The molecule has 1 aliphatic carbocycles. The Morgan fingerprint density at radius 3 is 2.45 bits per heavy atom. The molecule has 0 bridgehead atoms. The number of carbonyl (C=O) groups excluding carboxylic acids is 1. The lowest BCUT2D eigenvalue weighted by Gasteiger charge is -2.22. The Hall–Kier alpha value is -0.960. The number of benzene rings is 1. The van der Waals surface area contributed by atoms with E-state index < -0.39 is 13.1 Å². The number of carbonyl (C=O) groups is 1. The summed E-state index contributed by atoms with van der Waals surface area (Å²) in [6.45, 7) is 2.09. The van der Waals surface area contributed by atoms with Gasteiger partial charge in [-0.2, -0.15) is 0 Å². The predicted octanol–water partition coefficient (Wildman–Crippen LogP) is 3.92. The van der Waals surface area contributed by atoms with Gasteiger partial charge in [-0.3, -0.25) is 9.36 Å². The summed E-state index contributed by atoms with van der Waals surface area (Å²) in [6.07, 6.45) is 5.51. The van der Waals surface area contributed by atoms with Crippen molar-refractivity contribution in [2.75, 3.05) is 6.61 Å². The highest BCUT2D eigenvalue weighted by Gasteiger charge is 2.32. The summed E-state index contributed by atoms with van der Waals surface area (Å²) in [4.78, 5) is 21.8. The Kier molecular flexibility index (Phi) is 5.14. The summed E-state index contributed by atoms with van der Waals surface area (Å²) in [6, 6.07) is 6.61. The topological polar surface area (TPSA) is 63.6 Å². The smallest absolute Gasteiger partial charge is 0.319 e. The Morgan fingerprint density at radius 1 is 1.25 bits per heavy atom. The zero-order valence-electron chi connectivity index (χ0n) is 11.7. The maximum atomic E-state index is 12.0. The van der Waals surface area contributed by atoms with Crippen LogP contribution in [0.4, 0.5) is 0 Å². The molecule has 1 unspecified atom stereocenters. The van der Waals surface area contributed by atoms with Crippen LogP contribution >= 0.6 is 7.60 Å². The molecule has 1 aromatic carbocycles. The summed E-state index contributed by atoms with van der Waals surface area (Å²) in [7, 11) is -4.23. The summed E-state index contributed by atoms with van der Waals surface area (Å²) in [5.74, 6) is 0.301. The van der Waals surface area contributed by atoms with Crippen LogP contribution in [0.3, 0.4) is 0 Å². The van der Waals surface area contributed by atoms with Gasteiger partial charge in [-0.15, -0.1) is 0 Å². The fourth-order valence-electron chi connectivity index (χ4n) is 2.48. The third-order valence-electron chi connectivity index (χ3n) is 3.77. The van der Waals surface area contributed by atoms with Crippen LogP contribution in [0.5, 0.6) is 0 Å². The van der Waals surface area contributed by atoms with Crippen LogP contribution in [-0.2, 0) is 9.09 Å². The van der Waals surface area contributed by atoms with Gasteiger partial charge in [-0.05, 0) is 25.7 Å². The first-order chi connectivity index (χ1) is 9.49. The van der Waals surface area contributed by atoms with Gasteiger partial charge in [0.1, 0.15) is 0 Å². The molecular formula is C15H21O4P. The molecule has 5 heteroatoms. The molecule has 20 heavy (non-hydrogen) atoms. The average molecular weight is 296 g/mol. The minimum Gasteiger partial charge on any atom is -0.319 e. The first kappa shape index (κ1) is 15.4. The quantitative estimate of drug-likeness (QED) is 0.836. The van der Waals surface area contributed by atoms with Gasteiger partial charge in [0.25, 0.3) is 5.52 Å². The van der Waals surface area contributed by atoms with Gasteiger partial charge < -0.3 is 9.42 Å². The van der Waals surface area contributed by atoms with Crippen molar-refractivity contribution in [1.82, 2.24) is 0 Å². The van der Waals surface area contributed by atoms with Crippen LogP contribution in [0.1, 0.15) is 48.0 Å². The number of hydrogen-bond acceptors (Lipinski definition) is 3. The highest BCUT2D eigenvalue weighted by Crippen LogP contribution is 2.46. The molecule has 0 amide bonds. The van der Waals surface area contributed by atoms with Gasteiger partial charge in [0, 0.05) is 5.56 Å². The van der Waals surface area contributed by atoms with Gasteiger partial charge >= 0.3 is 7.60 Å². The van der Waals surface area contributed by atoms with Gasteiger partial charge in [0.05, 0.1) is 6.61 Å². The lowest BCUT2D eigenvalue weighted by atomic mass is 9.90. The minimum atomic E-state index is -4.23. The third kappa shape index (κ3) is 4.02. The zero-order valence-corrected chi connectivity index (χ0v) is 12.6. The van der Waals surface area contributed by atoms with Gasteiger partial charge in [-0.25, -0.2) is 0 Å². The Morgan fingerprint density at radius 2 is 1.85 bits per heavy atom. The van der Waals surface area contributed by atoms with Crippen molar-refractivity contribution in [1.29, 1.82) is 0 Å². The van der Waals surface area contributed by atoms with E-state index in [4.69, 9.17) is 4.52 Å². The van der Waals surface area contributed by atoms with Crippen molar-refractivity contribution in [3.05, 3.63) is 35.4 Å². The molecule has 1 N–H and O–H groups in total. The Labute approximate surface area is 119 Å². The SMILES string of the molecule is Cc1ccc(C(=O)P(=O)(O)OCC2CCCCC2)cc1. The molecule has 1 fully saturated rings. The summed E-state index contributed by atoms with van der Waals surface area (Å²) in [5, 5.41) is 0. The van der Waals surface area contributed by atoms with Crippen molar-refractivity contribution in [3.63, 3.8) is 0 Å². The second-order valence-corrected chi connectivity index (χ2v) is 7.20. The van der Waals surface area contributed by atoms with Crippen molar-refractivity contribution < 1.29 is 18.8 Å². The van der Waals surface area contributed by atoms with E-state index in [9.17, 15) is 14.3 Å². The Bertz CT molecular complexity index is 503. The molecule has 0 aliphatic heterocycles. The van der Waals surface area contributed by atoms with Crippen LogP contribution in [0.2, 0.25) is 0 Å². The normalized spacial score (nSPS) is 19.5. The van der Waals surface area contributed by atoms with Gasteiger partial charge in [0.2, 0.25) is 0 Å². The van der Waals surface area contributed by atoms with Gasteiger partial charge in [0.15, 0.2) is 0 Å². The minimum absolute atomic E-state index is 0.200. The molecule has 0 aromatic heterocycles. The molecule has 1 aliphatic rings. The molecule has 0 radical (unpaired) electrons. The van der Waals surface area contributed by atoms with E-state index in [2.05, 4.69) is 0 Å². The van der Waals surface area contributed by atoms with Crippen LogP contribution in [-0.4, -0.2) is 17.0 Å². The maximum absolute atomic E-state index is 12.0. The van der Waals surface area contributed by atoms with Crippen LogP contribution in [0.25, 0.3) is 0 Å². The summed E-state index contributed by atoms with van der Waals surface area (Å²) < 4.78 is 17.1. The highest BCUT2D eigenvalue weighted by molar-refractivity contribution is 7.71. The molecule has 4 nitrogen and oxygen atoms in total. The monoisotopic (exact) mass is 296 g/mol. The van der Waals surface area contributed by atoms with E-state index >= 15 is 0 Å². The van der Waals surface area contributed by atoms with Crippen molar-refractivity contribution >= 4 is 13.1 Å². The summed E-state index contributed by atoms with van der Waals surface area (Å²) in [5.41, 5.74) is 0.413. The second-order valence-electron chi connectivity index (χ2n) is 5.49. The van der Waals surface area contributed by atoms with Crippen molar-refractivity contribution in [2.24, 2.45) is 5.92 Å². The fraction of sp³-hybridized carbons (Fsp3) is 0.533. The fourth-order valence-corrected chi connectivity index (χ4v) is 3.48. The van der Waals surface area contributed by atoms with Crippen LogP contribution < -0.4 is 0 Å². The van der Waals surface area contributed by atoms with Crippen LogP contribution in [0.15, 0.2) is 24.3 Å². The Balaban J connectivity index is 1.96. The largest absolute Gasteiger partial charge is 0.399 e. The predicted molar refractivity (Wildman–Crippen MR) is 77.9 cm³/mol. The van der Waals surface area contributed by atoms with Crippen molar-refractivity contribution in [3.8, 4) is 0 Å². The zero-order chi connectivity index (χ0) is 14.6. The lowest BCUT2D eigenvalue weighted by Crippen LogP contribution is -2.14. The van der Waals surface area contributed by atoms with E-state index in [0.717, 1.165) is 31.2 Å². The first-order valence-electron chi connectivity index (χ1n) is 7.08. The molecule has 1 aromatic rings. The molecular weight excluding hydrogens is 275 g/mol. The molecule has 0 heterocycles. The lowest BCUT2D eigenvalue weighted by molar-refractivity contribution is 0.100. The maximum Gasteiger partial charge on any atom is 0.399 e. The van der Waals surface area contributed by atoms with Crippen LogP contribution in [0, 0.1) is 12.8 Å². The molecule has 110 valence electrons. The standard InChI is InChI=1S/C15H21O4P/c1-12-7-9-14(10-8-12)15(16)20(17,18)19-11-13-5-3-2-4-6-13/h7-10,13H,2-6,11H2,1H3,(H,17,18). The molecule has 0 spiro atoms. The van der Waals surface area contributed by atoms with E-state index in [1.807, 2.05) is 6.92 Å². The first-order valence-corrected chi connectivity index (χ1v) is 8.66. The second kappa shape index (κ2) is 6.66. The molecule has 2 rings (SSSR count). The molecule has 1 atom stereocenters. The van der Waals surface area contributed by atoms with E-state index in [1.54, 1.807) is 24.3 Å². The average Bonchev–Trinajstić information content (AvgIpc) is 2.46. The van der Waals surface area contributed by atoms with E-state index in [0.29, 0.717) is 5.92 Å². The van der Waals surface area contributed by atoms with Gasteiger partial charge in [-0.1, -0.05) is 49.1 Å². The molecule has 1 saturated carbocycles. The number of rotatable bonds is 5.